The number of hydrogen-bond acceptors (Lipinski definition) is 0. The Labute approximate surface area is 259 Å². The van der Waals surface area contributed by atoms with Crippen LogP contribution in [0.25, 0.3) is 0 Å². The molecule has 0 nitrogen and oxygen atoms in total. The van der Waals surface area contributed by atoms with Crippen molar-refractivity contribution >= 4 is 0 Å². The Morgan fingerprint density at radius 2 is 0.690 bits per heavy atom. The Kier molecular flexibility index (Phi) is 20.8. The molecule has 157 valence electrons. The van der Waals surface area contributed by atoms with Gasteiger partial charge in [0.2, 0.25) is 0 Å². The van der Waals surface area contributed by atoms with Crippen molar-refractivity contribution in [3.8, 4) is 0 Å². The normalized spacial score (nSPS) is 12.4. The summed E-state index contributed by atoms with van der Waals surface area (Å²) >= 11 is 0. The van der Waals surface area contributed by atoms with Crippen LogP contribution in [-0.4, -0.2) is 0 Å². The van der Waals surface area contributed by atoms with Gasteiger partial charge >= 0.3 is 0 Å². The standard InChI is InChI=1S/C14H22.C12H20.3Y/c1-13(2,3)11-7-9-12(10-8-11)14(4,5)6;1-11(2,3)9-7-8-10-12(4,5)6;;;/h7-10H,1-6H3;7-8H,1-6H3;;;/q;-2;;;. The van der Waals surface area contributed by atoms with E-state index in [0.717, 1.165) is 0 Å². The molecule has 0 fully saturated rings. The zero-order valence-electron chi connectivity index (χ0n) is 21.2. The van der Waals surface area contributed by atoms with Crippen molar-refractivity contribution in [2.75, 3.05) is 0 Å². The van der Waals surface area contributed by atoms with Gasteiger partial charge in [0.25, 0.3) is 0 Å². The molecular weight excluding hydrogens is 579 g/mol. The fraction of sp³-hybridized carbons (Fsp3) is 0.615. The van der Waals surface area contributed by atoms with E-state index in [9.17, 15) is 0 Å². The molecule has 3 radical (unpaired) electrons. The maximum absolute atomic E-state index is 3.25. The van der Waals surface area contributed by atoms with E-state index in [1.807, 2.05) is 12.2 Å². The summed E-state index contributed by atoms with van der Waals surface area (Å²) in [6, 6.07) is 9.00. The van der Waals surface area contributed by atoms with Crippen molar-refractivity contribution in [1.82, 2.24) is 0 Å². The molecule has 0 aliphatic rings. The molecular formula is C26H42Y3-2. The van der Waals surface area contributed by atoms with E-state index >= 15 is 0 Å². The summed E-state index contributed by atoms with van der Waals surface area (Å²) in [6.45, 7) is 26.3. The van der Waals surface area contributed by atoms with Crippen LogP contribution in [0.3, 0.4) is 0 Å². The molecule has 0 aromatic heterocycles. The van der Waals surface area contributed by atoms with Crippen LogP contribution in [-0.2, 0) is 109 Å². The average molecular weight is 621 g/mol. The van der Waals surface area contributed by atoms with Crippen LogP contribution in [0.4, 0.5) is 0 Å². The SMILES string of the molecule is CC(C)(C)[C-]=CC=[C-]C(C)(C)C.CC(C)(C)c1ccc(C(C)(C)C)cc1.[Y].[Y].[Y]. The number of rotatable bonds is 1. The van der Waals surface area contributed by atoms with Crippen LogP contribution >= 0.6 is 0 Å². The Hall–Kier alpha value is 2.01. The molecule has 0 unspecified atom stereocenters. The van der Waals surface area contributed by atoms with Gasteiger partial charge < -0.3 is 24.3 Å². The molecule has 0 spiro atoms. The fourth-order valence-corrected chi connectivity index (χ4v) is 2.05. The molecule has 1 aromatic rings. The van der Waals surface area contributed by atoms with Crippen LogP contribution in [0.15, 0.2) is 36.4 Å². The Bertz CT molecular complexity index is 526. The fourth-order valence-electron chi connectivity index (χ4n) is 2.05. The minimum absolute atomic E-state index is 0. The van der Waals surface area contributed by atoms with Crippen LogP contribution in [0.2, 0.25) is 0 Å². The van der Waals surface area contributed by atoms with Gasteiger partial charge in [-0.05, 0) is 22.0 Å². The predicted octanol–water partition coefficient (Wildman–Crippen LogP) is 8.07. The third-order valence-corrected chi connectivity index (χ3v) is 3.73. The van der Waals surface area contributed by atoms with E-state index < -0.39 is 0 Å². The maximum atomic E-state index is 3.25. The van der Waals surface area contributed by atoms with Gasteiger partial charge in [0, 0.05) is 98.1 Å². The maximum Gasteiger partial charge on any atom is 0 e. The van der Waals surface area contributed by atoms with E-state index in [2.05, 4.69) is 120 Å². The molecule has 0 aliphatic carbocycles. The summed E-state index contributed by atoms with van der Waals surface area (Å²) in [5.41, 5.74) is 3.63. The molecule has 0 N–H and O–H groups in total. The van der Waals surface area contributed by atoms with Crippen LogP contribution in [0.5, 0.6) is 0 Å². The largest absolute Gasteiger partial charge is 0.390 e. The minimum atomic E-state index is 0. The van der Waals surface area contributed by atoms with E-state index in [1.54, 1.807) is 0 Å². The first kappa shape index (κ1) is 38.3. The van der Waals surface area contributed by atoms with Crippen molar-refractivity contribution in [2.45, 2.75) is 93.9 Å². The summed E-state index contributed by atoms with van der Waals surface area (Å²) in [5, 5.41) is 0. The van der Waals surface area contributed by atoms with E-state index in [1.165, 1.54) is 11.1 Å². The van der Waals surface area contributed by atoms with Crippen molar-refractivity contribution in [3.05, 3.63) is 59.7 Å². The first-order valence-electron chi connectivity index (χ1n) is 9.73. The average Bonchev–Trinajstić information content (AvgIpc) is 2.41. The van der Waals surface area contributed by atoms with Gasteiger partial charge in [-0.2, -0.15) is 0 Å². The third-order valence-electron chi connectivity index (χ3n) is 3.73. The Morgan fingerprint density at radius 1 is 0.483 bits per heavy atom. The predicted molar refractivity (Wildman–Crippen MR) is 118 cm³/mol. The second kappa shape index (κ2) is 15.8. The molecule has 29 heavy (non-hydrogen) atoms. The molecule has 0 amide bonds. The summed E-state index contributed by atoms with van der Waals surface area (Å²) in [7, 11) is 0. The first-order chi connectivity index (χ1) is 11.4. The Balaban J connectivity index is -0.000000198. The minimum Gasteiger partial charge on any atom is -0.390 e. The summed E-state index contributed by atoms with van der Waals surface area (Å²) in [6.07, 6.45) is 10.4. The van der Waals surface area contributed by atoms with E-state index in [-0.39, 0.29) is 120 Å². The Morgan fingerprint density at radius 3 is 0.828 bits per heavy atom. The molecule has 0 heterocycles. The topological polar surface area (TPSA) is 0 Å². The van der Waals surface area contributed by atoms with Gasteiger partial charge in [-0.15, -0.1) is 10.8 Å². The van der Waals surface area contributed by atoms with E-state index in [0.29, 0.717) is 0 Å². The van der Waals surface area contributed by atoms with Gasteiger partial charge in [-0.25, -0.2) is 0 Å². The molecule has 0 atom stereocenters. The van der Waals surface area contributed by atoms with Gasteiger partial charge in [-0.3, -0.25) is 0 Å². The van der Waals surface area contributed by atoms with Crippen LogP contribution < -0.4 is 0 Å². The van der Waals surface area contributed by atoms with E-state index in [4.69, 9.17) is 0 Å². The molecule has 0 bridgehead atoms. The van der Waals surface area contributed by atoms with Crippen LogP contribution in [0.1, 0.15) is 94.2 Å². The second-order valence-corrected chi connectivity index (χ2v) is 11.2. The molecule has 0 aliphatic heterocycles. The molecule has 1 aromatic carbocycles. The van der Waals surface area contributed by atoms with Crippen molar-refractivity contribution < 1.29 is 98.1 Å². The zero-order chi connectivity index (χ0) is 20.8. The smallest absolute Gasteiger partial charge is 0 e. The number of benzene rings is 1. The van der Waals surface area contributed by atoms with Gasteiger partial charge in [0.05, 0.1) is 0 Å². The van der Waals surface area contributed by atoms with Crippen molar-refractivity contribution in [1.29, 1.82) is 0 Å². The molecule has 1 rings (SSSR count). The van der Waals surface area contributed by atoms with Gasteiger partial charge in [0.1, 0.15) is 0 Å². The van der Waals surface area contributed by atoms with Crippen molar-refractivity contribution in [3.63, 3.8) is 0 Å². The number of hydrogen-bond donors (Lipinski definition) is 0. The quantitative estimate of drug-likeness (QED) is 0.220. The van der Waals surface area contributed by atoms with Crippen molar-refractivity contribution in [2.24, 2.45) is 10.8 Å². The third kappa shape index (κ3) is 21.6. The monoisotopic (exact) mass is 621 g/mol. The molecule has 3 heteroatoms. The summed E-state index contributed by atoms with van der Waals surface area (Å²) in [4.78, 5) is 0. The van der Waals surface area contributed by atoms with Gasteiger partial charge in [0.15, 0.2) is 0 Å². The molecule has 0 saturated heterocycles. The molecule has 0 saturated carbocycles. The zero-order valence-corrected chi connectivity index (χ0v) is 29.7. The number of allylic oxidation sites excluding steroid dienone is 4. The summed E-state index contributed by atoms with van der Waals surface area (Å²) < 4.78 is 0. The van der Waals surface area contributed by atoms with Gasteiger partial charge in [-0.1, -0.05) is 107 Å². The first-order valence-corrected chi connectivity index (χ1v) is 9.73. The summed E-state index contributed by atoms with van der Waals surface area (Å²) in [5.74, 6) is 0. The van der Waals surface area contributed by atoms with Crippen LogP contribution in [0, 0.1) is 23.0 Å². The second-order valence-electron chi connectivity index (χ2n) is 11.2.